The van der Waals surface area contributed by atoms with Crippen LogP contribution in [0.15, 0.2) is 47.2 Å². The van der Waals surface area contributed by atoms with Crippen molar-refractivity contribution >= 4 is 44.2 Å². The van der Waals surface area contributed by atoms with Gasteiger partial charge in [-0.25, -0.2) is 4.98 Å². The molecule has 170 valence electrons. The summed E-state index contributed by atoms with van der Waals surface area (Å²) in [5.41, 5.74) is 16.4. The van der Waals surface area contributed by atoms with E-state index in [1.165, 1.54) is 0 Å². The van der Waals surface area contributed by atoms with Gasteiger partial charge in [-0.15, -0.1) is 0 Å². The molecule has 1 amide bonds. The van der Waals surface area contributed by atoms with E-state index in [4.69, 9.17) is 16.5 Å². The van der Waals surface area contributed by atoms with Crippen molar-refractivity contribution < 1.29 is 9.90 Å². The van der Waals surface area contributed by atoms with Crippen molar-refractivity contribution in [3.05, 3.63) is 52.9 Å². The van der Waals surface area contributed by atoms with E-state index < -0.39 is 6.04 Å². The van der Waals surface area contributed by atoms with Crippen molar-refractivity contribution in [1.29, 1.82) is 0 Å². The highest BCUT2D eigenvalue weighted by Crippen LogP contribution is 2.37. The van der Waals surface area contributed by atoms with E-state index in [9.17, 15) is 9.90 Å². The first-order valence-corrected chi connectivity index (χ1v) is 11.6. The van der Waals surface area contributed by atoms with Crippen LogP contribution in [-0.2, 0) is 4.79 Å². The van der Waals surface area contributed by atoms with E-state index in [2.05, 4.69) is 32.1 Å². The number of halogens is 1. The van der Waals surface area contributed by atoms with Crippen LogP contribution in [0.25, 0.3) is 27.7 Å². The number of piperidine rings is 1. The molecule has 0 saturated carbocycles. The number of fused-ring (bicyclic) bond motifs is 2. The fraction of sp³-hybridized carbons (Fsp3) is 0.304. The summed E-state index contributed by atoms with van der Waals surface area (Å²) in [6.45, 7) is 0.751. The zero-order valence-corrected chi connectivity index (χ0v) is 19.4. The summed E-state index contributed by atoms with van der Waals surface area (Å²) in [5.74, 6) is 0.384. The monoisotopic (exact) mass is 509 g/mol. The van der Waals surface area contributed by atoms with Gasteiger partial charge in [-0.05, 0) is 40.9 Å². The third-order valence-electron chi connectivity index (χ3n) is 6.26. The smallest absolute Gasteiger partial charge is 0.241 e. The Labute approximate surface area is 198 Å². The lowest BCUT2D eigenvalue weighted by molar-refractivity contribution is -0.134. The number of hydrogen-bond donors (Lipinski definition) is 3. The average Bonchev–Trinajstić information content (AvgIpc) is 3.29. The third-order valence-corrected chi connectivity index (χ3v) is 7.07. The Hall–Kier alpha value is -3.08. The van der Waals surface area contributed by atoms with Gasteiger partial charge >= 0.3 is 0 Å². The van der Waals surface area contributed by atoms with E-state index in [1.807, 2.05) is 30.5 Å². The number of hydrogen-bond acceptors (Lipinski definition) is 7. The van der Waals surface area contributed by atoms with Gasteiger partial charge < -0.3 is 21.5 Å². The van der Waals surface area contributed by atoms with Gasteiger partial charge in [0.15, 0.2) is 5.65 Å². The van der Waals surface area contributed by atoms with E-state index in [0.29, 0.717) is 24.6 Å². The molecule has 9 nitrogen and oxygen atoms in total. The summed E-state index contributed by atoms with van der Waals surface area (Å²) >= 11 is 3.62. The lowest BCUT2D eigenvalue weighted by Gasteiger charge is -2.33. The van der Waals surface area contributed by atoms with Gasteiger partial charge in [-0.3, -0.25) is 9.78 Å². The van der Waals surface area contributed by atoms with Gasteiger partial charge in [0.1, 0.15) is 11.9 Å². The number of carbonyl (C=O) groups is 1. The van der Waals surface area contributed by atoms with Crippen molar-refractivity contribution in [2.45, 2.75) is 24.8 Å². The number of aromatic nitrogens is 4. The van der Waals surface area contributed by atoms with E-state index >= 15 is 0 Å². The third kappa shape index (κ3) is 3.84. The number of para-hydroxylation sites is 1. The highest BCUT2D eigenvalue weighted by molar-refractivity contribution is 9.10. The fourth-order valence-corrected chi connectivity index (χ4v) is 4.97. The van der Waals surface area contributed by atoms with Gasteiger partial charge in [-0.2, -0.15) is 9.61 Å². The first-order valence-electron chi connectivity index (χ1n) is 10.8. The van der Waals surface area contributed by atoms with Gasteiger partial charge in [0.2, 0.25) is 5.91 Å². The Morgan fingerprint density at radius 3 is 2.76 bits per heavy atom. The topological polar surface area (TPSA) is 136 Å². The van der Waals surface area contributed by atoms with Crippen molar-refractivity contribution in [1.82, 2.24) is 24.5 Å². The first-order chi connectivity index (χ1) is 16.0. The van der Waals surface area contributed by atoms with Crippen LogP contribution in [0.2, 0.25) is 0 Å². The second kappa shape index (κ2) is 8.69. The number of aliphatic hydroxyl groups is 1. The van der Waals surface area contributed by atoms with Crippen LogP contribution in [0.5, 0.6) is 0 Å². The zero-order valence-electron chi connectivity index (χ0n) is 17.9. The van der Waals surface area contributed by atoms with Crippen molar-refractivity contribution in [2.24, 2.45) is 5.73 Å². The molecule has 4 heterocycles. The quantitative estimate of drug-likeness (QED) is 0.383. The maximum absolute atomic E-state index is 12.3. The molecule has 1 fully saturated rings. The van der Waals surface area contributed by atoms with Crippen molar-refractivity contribution in [2.75, 3.05) is 25.4 Å². The van der Waals surface area contributed by atoms with Crippen LogP contribution in [0.1, 0.15) is 24.5 Å². The molecule has 1 saturated heterocycles. The predicted octanol–water partition coefficient (Wildman–Crippen LogP) is 2.31. The highest BCUT2D eigenvalue weighted by Gasteiger charge is 2.29. The highest BCUT2D eigenvalue weighted by atomic mass is 79.9. The largest absolute Gasteiger partial charge is 0.394 e. The summed E-state index contributed by atoms with van der Waals surface area (Å²) in [7, 11) is 0. The Morgan fingerprint density at radius 2 is 2.00 bits per heavy atom. The van der Waals surface area contributed by atoms with Gasteiger partial charge in [0.05, 0.1) is 28.5 Å². The molecule has 0 radical (unpaired) electrons. The number of nitrogen functional groups attached to an aromatic ring is 1. The molecule has 4 aromatic rings. The minimum absolute atomic E-state index is 0.124. The van der Waals surface area contributed by atoms with Crippen LogP contribution in [-0.4, -0.2) is 61.2 Å². The summed E-state index contributed by atoms with van der Waals surface area (Å²) in [4.78, 5) is 23.6. The average molecular weight is 510 g/mol. The molecule has 0 bridgehead atoms. The lowest BCUT2D eigenvalue weighted by Crippen LogP contribution is -2.48. The number of rotatable bonds is 4. The molecule has 1 aromatic carbocycles. The maximum atomic E-state index is 12.3. The number of nitrogens with zero attached hydrogens (tertiary/aromatic N) is 5. The van der Waals surface area contributed by atoms with E-state index in [0.717, 1.165) is 45.0 Å². The van der Waals surface area contributed by atoms with Crippen LogP contribution in [0.3, 0.4) is 0 Å². The second-order valence-electron chi connectivity index (χ2n) is 8.30. The molecule has 33 heavy (non-hydrogen) atoms. The molecule has 1 aliphatic heterocycles. The number of likely N-dealkylation sites (tertiary alicyclic amines) is 1. The molecule has 1 unspecified atom stereocenters. The molecule has 0 aliphatic carbocycles. The van der Waals surface area contributed by atoms with Crippen LogP contribution in [0.4, 0.5) is 5.82 Å². The van der Waals surface area contributed by atoms with Crippen LogP contribution in [0, 0.1) is 0 Å². The summed E-state index contributed by atoms with van der Waals surface area (Å²) in [6.07, 6.45) is 5.05. The minimum Gasteiger partial charge on any atom is -0.394 e. The van der Waals surface area contributed by atoms with E-state index in [1.54, 1.807) is 15.6 Å². The first kappa shape index (κ1) is 21.7. The van der Waals surface area contributed by atoms with E-state index in [-0.39, 0.29) is 18.4 Å². The van der Waals surface area contributed by atoms with Crippen molar-refractivity contribution in [3.8, 4) is 11.1 Å². The molecule has 1 aliphatic rings. The van der Waals surface area contributed by atoms with Crippen LogP contribution >= 0.6 is 15.9 Å². The van der Waals surface area contributed by atoms with Gasteiger partial charge in [0.25, 0.3) is 0 Å². The number of pyridine rings is 1. The molecule has 1 atom stereocenters. The summed E-state index contributed by atoms with van der Waals surface area (Å²) in [5, 5.41) is 14.7. The Bertz CT molecular complexity index is 1350. The molecule has 3 aromatic heterocycles. The molecular weight excluding hydrogens is 486 g/mol. The molecular formula is C23H24BrN7O2. The standard InChI is InChI=1S/C23H24BrN7O2/c24-19-20(13-5-7-30(8-6-13)23(33)17(25)12-32)29-22-16(11-28-31(22)21(19)26)15-9-14-3-1-2-4-18(14)27-10-15/h1-4,9-11,13,17,32H,5-8,12,25-26H2. The number of benzene rings is 1. The summed E-state index contributed by atoms with van der Waals surface area (Å²) < 4.78 is 2.36. The van der Waals surface area contributed by atoms with Gasteiger partial charge in [0, 0.05) is 41.7 Å². The summed E-state index contributed by atoms with van der Waals surface area (Å²) in [6, 6.07) is 9.16. The van der Waals surface area contributed by atoms with Gasteiger partial charge in [-0.1, -0.05) is 18.2 Å². The number of aliphatic hydroxyl groups excluding tert-OH is 1. The second-order valence-corrected chi connectivity index (χ2v) is 9.09. The Balaban J connectivity index is 1.49. The maximum Gasteiger partial charge on any atom is 0.241 e. The number of nitrogens with two attached hydrogens (primary N) is 2. The minimum atomic E-state index is -0.872. The molecule has 10 heteroatoms. The zero-order chi connectivity index (χ0) is 23.1. The normalized spacial score (nSPS) is 15.9. The number of anilines is 1. The lowest BCUT2D eigenvalue weighted by atomic mass is 9.92. The SMILES string of the molecule is Nc1c(Br)c(C2CCN(C(=O)C(N)CO)CC2)nc2c(-c3cnc4ccccc4c3)cnn12. The Morgan fingerprint density at radius 1 is 1.24 bits per heavy atom. The predicted molar refractivity (Wildman–Crippen MR) is 129 cm³/mol. The fourth-order valence-electron chi connectivity index (χ4n) is 4.39. The molecule has 5 N–H and O–H groups in total. The number of carbonyl (C=O) groups excluding carboxylic acids is 1. The number of amides is 1. The molecule has 5 rings (SSSR count). The van der Waals surface area contributed by atoms with Crippen LogP contribution < -0.4 is 11.5 Å². The van der Waals surface area contributed by atoms with Crippen molar-refractivity contribution in [3.63, 3.8) is 0 Å². The Kier molecular flexibility index (Phi) is 5.73. The molecule has 0 spiro atoms.